The second kappa shape index (κ2) is 2.66. The summed E-state index contributed by atoms with van der Waals surface area (Å²) in [5.41, 5.74) is 5.00. The van der Waals surface area contributed by atoms with Crippen molar-refractivity contribution < 1.29 is 4.79 Å². The minimum absolute atomic E-state index is 0.285. The molecule has 0 unspecified atom stereocenters. The van der Waals surface area contributed by atoms with Gasteiger partial charge in [-0.15, -0.1) is 0 Å². The van der Waals surface area contributed by atoms with Gasteiger partial charge < -0.3 is 5.73 Å². The lowest BCUT2D eigenvalue weighted by atomic mass is 10.5. The predicted octanol–water partition coefficient (Wildman–Crippen LogP) is -0.645. The summed E-state index contributed by atoms with van der Waals surface area (Å²) >= 11 is 0. The Bertz CT molecular complexity index is 567. The van der Waals surface area contributed by atoms with Crippen LogP contribution in [0.4, 0.5) is 4.79 Å². The molecule has 0 aliphatic carbocycles. The number of imidazole rings is 1. The van der Waals surface area contributed by atoms with Crippen LogP contribution in [0.5, 0.6) is 0 Å². The minimum atomic E-state index is -0.853. The predicted molar refractivity (Wildman–Crippen MR) is 47.9 cm³/mol. The normalized spacial score (nSPS) is 10.6. The number of aromatic nitrogens is 4. The van der Waals surface area contributed by atoms with Crippen molar-refractivity contribution in [3.8, 4) is 0 Å². The van der Waals surface area contributed by atoms with Gasteiger partial charge in [-0.3, -0.25) is 4.98 Å². The van der Waals surface area contributed by atoms with E-state index in [1.165, 1.54) is 6.20 Å². The standard InChI is InChI=1S/C7H7N5O2/c1-3-9-2-4-5(10-3)11-7(14)12(4)6(8)13/h2H,1H3,(H2,8,13)(H,9,10,11,14). The van der Waals surface area contributed by atoms with E-state index in [2.05, 4.69) is 15.0 Å². The number of fused-ring (bicyclic) bond motifs is 1. The smallest absolute Gasteiger partial charge is 0.336 e. The number of H-pyrrole nitrogens is 1. The minimum Gasteiger partial charge on any atom is -0.351 e. The van der Waals surface area contributed by atoms with Crippen molar-refractivity contribution in [2.75, 3.05) is 0 Å². The number of hydrogen-bond donors (Lipinski definition) is 2. The highest BCUT2D eigenvalue weighted by molar-refractivity contribution is 5.85. The van der Waals surface area contributed by atoms with Gasteiger partial charge in [0, 0.05) is 0 Å². The fourth-order valence-electron chi connectivity index (χ4n) is 1.20. The molecule has 7 nitrogen and oxygen atoms in total. The van der Waals surface area contributed by atoms with Gasteiger partial charge in [-0.2, -0.15) is 0 Å². The van der Waals surface area contributed by atoms with Crippen LogP contribution in [0.2, 0.25) is 0 Å². The number of nitrogens with two attached hydrogens (primary N) is 1. The van der Waals surface area contributed by atoms with E-state index in [0.29, 0.717) is 11.5 Å². The number of carbonyl (C=O) groups excluding carboxylic acids is 1. The molecule has 0 radical (unpaired) electrons. The van der Waals surface area contributed by atoms with Crippen molar-refractivity contribution in [3.63, 3.8) is 0 Å². The Hall–Kier alpha value is -2.18. The van der Waals surface area contributed by atoms with Gasteiger partial charge >= 0.3 is 11.7 Å². The average Bonchev–Trinajstić information content (AvgIpc) is 2.39. The molecule has 0 aliphatic heterocycles. The molecule has 0 aromatic carbocycles. The maximum Gasteiger partial charge on any atom is 0.336 e. The molecule has 7 heteroatoms. The summed E-state index contributed by atoms with van der Waals surface area (Å²) in [6.45, 7) is 1.68. The summed E-state index contributed by atoms with van der Waals surface area (Å²) < 4.78 is 0.786. The third-order valence-corrected chi connectivity index (χ3v) is 1.78. The van der Waals surface area contributed by atoms with E-state index in [0.717, 1.165) is 4.57 Å². The van der Waals surface area contributed by atoms with Crippen molar-refractivity contribution in [1.82, 2.24) is 19.5 Å². The molecule has 0 atom stereocenters. The maximum absolute atomic E-state index is 11.2. The van der Waals surface area contributed by atoms with Gasteiger partial charge in [-0.05, 0) is 6.92 Å². The van der Waals surface area contributed by atoms with Crippen molar-refractivity contribution in [2.24, 2.45) is 5.73 Å². The lowest BCUT2D eigenvalue weighted by Gasteiger charge is -1.94. The Kier molecular flexibility index (Phi) is 1.60. The molecular weight excluding hydrogens is 186 g/mol. The van der Waals surface area contributed by atoms with E-state index in [4.69, 9.17) is 5.73 Å². The first-order valence-electron chi connectivity index (χ1n) is 3.84. The largest absolute Gasteiger partial charge is 0.351 e. The van der Waals surface area contributed by atoms with Crippen LogP contribution in [0, 0.1) is 6.92 Å². The second-order valence-electron chi connectivity index (χ2n) is 2.75. The molecule has 0 aliphatic rings. The SMILES string of the molecule is Cc1ncc2c(n1)[nH]c(=O)n2C(N)=O. The van der Waals surface area contributed by atoms with E-state index >= 15 is 0 Å². The van der Waals surface area contributed by atoms with Gasteiger partial charge in [0.05, 0.1) is 6.20 Å². The van der Waals surface area contributed by atoms with Crippen LogP contribution < -0.4 is 11.4 Å². The van der Waals surface area contributed by atoms with Crippen LogP contribution in [-0.4, -0.2) is 25.6 Å². The van der Waals surface area contributed by atoms with E-state index in [9.17, 15) is 9.59 Å². The maximum atomic E-state index is 11.2. The van der Waals surface area contributed by atoms with E-state index < -0.39 is 11.7 Å². The lowest BCUT2D eigenvalue weighted by molar-refractivity contribution is 0.250. The first-order chi connectivity index (χ1) is 6.59. The third kappa shape index (κ3) is 1.06. The van der Waals surface area contributed by atoms with Crippen molar-refractivity contribution in [3.05, 3.63) is 22.5 Å². The highest BCUT2D eigenvalue weighted by Gasteiger charge is 2.11. The van der Waals surface area contributed by atoms with Gasteiger partial charge in [0.15, 0.2) is 5.65 Å². The van der Waals surface area contributed by atoms with E-state index in [-0.39, 0.29) is 5.52 Å². The number of amides is 1. The Balaban J connectivity index is 2.91. The van der Waals surface area contributed by atoms with Crippen LogP contribution in [-0.2, 0) is 0 Å². The van der Waals surface area contributed by atoms with Crippen molar-refractivity contribution >= 4 is 17.2 Å². The van der Waals surface area contributed by atoms with Crippen molar-refractivity contribution in [2.45, 2.75) is 6.92 Å². The molecule has 1 amide bonds. The summed E-state index contributed by atoms with van der Waals surface area (Å²) in [4.78, 5) is 32.3. The van der Waals surface area contributed by atoms with Crippen LogP contribution in [0.15, 0.2) is 11.0 Å². The monoisotopic (exact) mass is 193 g/mol. The van der Waals surface area contributed by atoms with Crippen LogP contribution in [0.3, 0.4) is 0 Å². The fourth-order valence-corrected chi connectivity index (χ4v) is 1.20. The van der Waals surface area contributed by atoms with Gasteiger partial charge in [0.2, 0.25) is 0 Å². The number of hydrogen-bond acceptors (Lipinski definition) is 4. The van der Waals surface area contributed by atoms with Crippen molar-refractivity contribution in [1.29, 1.82) is 0 Å². The first-order valence-corrected chi connectivity index (χ1v) is 3.84. The second-order valence-corrected chi connectivity index (χ2v) is 2.75. The van der Waals surface area contributed by atoms with Gasteiger partial charge in [-0.1, -0.05) is 0 Å². The zero-order valence-electron chi connectivity index (χ0n) is 7.31. The highest BCUT2D eigenvalue weighted by Crippen LogP contribution is 2.04. The van der Waals surface area contributed by atoms with Gasteiger partial charge in [0.1, 0.15) is 11.3 Å². The number of aryl methyl sites for hydroxylation is 1. The number of primary amides is 1. The molecule has 0 fully saturated rings. The molecule has 0 bridgehead atoms. The lowest BCUT2D eigenvalue weighted by Crippen LogP contribution is -2.29. The fraction of sp³-hybridized carbons (Fsp3) is 0.143. The zero-order valence-corrected chi connectivity index (χ0v) is 7.31. The number of nitrogens with zero attached hydrogens (tertiary/aromatic N) is 3. The van der Waals surface area contributed by atoms with Crippen LogP contribution >= 0.6 is 0 Å². The molecule has 14 heavy (non-hydrogen) atoms. The third-order valence-electron chi connectivity index (χ3n) is 1.78. The van der Waals surface area contributed by atoms with Crippen LogP contribution in [0.25, 0.3) is 11.2 Å². The van der Waals surface area contributed by atoms with Crippen LogP contribution in [0.1, 0.15) is 5.82 Å². The highest BCUT2D eigenvalue weighted by atomic mass is 16.2. The van der Waals surface area contributed by atoms with Gasteiger partial charge in [0.25, 0.3) is 0 Å². The number of carbonyl (C=O) groups is 1. The molecule has 2 heterocycles. The summed E-state index contributed by atoms with van der Waals surface area (Å²) in [7, 11) is 0. The summed E-state index contributed by atoms with van der Waals surface area (Å²) in [6, 6.07) is -0.853. The number of aromatic amines is 1. The van der Waals surface area contributed by atoms with E-state index in [1.807, 2.05) is 0 Å². The number of rotatable bonds is 0. The molecule has 72 valence electrons. The van der Waals surface area contributed by atoms with E-state index in [1.54, 1.807) is 6.92 Å². The van der Waals surface area contributed by atoms with Gasteiger partial charge in [-0.25, -0.2) is 24.1 Å². The summed E-state index contributed by atoms with van der Waals surface area (Å²) in [5, 5.41) is 0. The Morgan fingerprint density at radius 3 is 3.00 bits per heavy atom. The molecule has 2 aromatic heterocycles. The molecule has 0 spiro atoms. The quantitative estimate of drug-likeness (QED) is 0.579. The number of nitrogens with one attached hydrogen (secondary N) is 1. The molecule has 2 rings (SSSR count). The summed E-state index contributed by atoms with van der Waals surface area (Å²) in [5.74, 6) is 0.510. The molecule has 0 saturated heterocycles. The summed E-state index contributed by atoms with van der Waals surface area (Å²) in [6.07, 6.45) is 1.38. The first kappa shape index (κ1) is 8.42. The Morgan fingerprint density at radius 2 is 2.36 bits per heavy atom. The molecule has 3 N–H and O–H groups in total. The Morgan fingerprint density at radius 1 is 1.64 bits per heavy atom. The molecule has 0 saturated carbocycles. The topological polar surface area (TPSA) is 107 Å². The molecular formula is C7H7N5O2. The Labute approximate surface area is 77.6 Å². The average molecular weight is 193 g/mol. The zero-order chi connectivity index (χ0) is 10.3. The molecule has 2 aromatic rings.